The molecule has 72 valence electrons. The minimum atomic E-state index is -0.196. The lowest BCUT2D eigenvalue weighted by atomic mass is 10.0. The first kappa shape index (κ1) is 11.1. The molecule has 0 saturated carbocycles. The van der Waals surface area contributed by atoms with Gasteiger partial charge in [0.05, 0.1) is 0 Å². The van der Waals surface area contributed by atoms with Crippen molar-refractivity contribution < 1.29 is 5.11 Å². The molecule has 0 spiro atoms. The number of phenolic OH excluding ortho intramolecular Hbond substituents is 1. The Bertz CT molecular complexity index is 312. The van der Waals surface area contributed by atoms with Crippen LogP contribution in [0.15, 0.2) is 18.2 Å². The molecular formula is C9H11ClOS2. The fraction of sp³-hybridized carbons (Fsp3) is 0.333. The Labute approximate surface area is 92.3 Å². The lowest BCUT2D eigenvalue weighted by Gasteiger charge is -2.22. The molecule has 1 N–H and O–H groups in total. The SMILES string of the molecule is CC(C)(SS)c1cc(O)ccc1Cl. The van der Waals surface area contributed by atoms with E-state index in [1.165, 1.54) is 10.8 Å². The molecule has 1 aromatic carbocycles. The van der Waals surface area contributed by atoms with E-state index in [1.807, 2.05) is 13.8 Å². The van der Waals surface area contributed by atoms with Gasteiger partial charge in [0.25, 0.3) is 0 Å². The number of aromatic hydroxyl groups is 1. The molecule has 0 radical (unpaired) electrons. The first-order chi connectivity index (χ1) is 5.97. The molecule has 0 fully saturated rings. The van der Waals surface area contributed by atoms with Crippen LogP contribution in [0.2, 0.25) is 5.02 Å². The quantitative estimate of drug-likeness (QED) is 0.599. The lowest BCUT2D eigenvalue weighted by Crippen LogP contribution is -2.10. The van der Waals surface area contributed by atoms with Gasteiger partial charge in [0.1, 0.15) is 5.75 Å². The highest BCUT2D eigenvalue weighted by atomic mass is 35.5. The molecule has 0 aliphatic carbocycles. The van der Waals surface area contributed by atoms with E-state index >= 15 is 0 Å². The Kier molecular flexibility index (Phi) is 3.44. The molecule has 0 aliphatic heterocycles. The number of benzene rings is 1. The van der Waals surface area contributed by atoms with Gasteiger partial charge >= 0.3 is 0 Å². The van der Waals surface area contributed by atoms with Crippen LogP contribution in [0.3, 0.4) is 0 Å². The van der Waals surface area contributed by atoms with Crippen molar-refractivity contribution in [1.29, 1.82) is 0 Å². The summed E-state index contributed by atoms with van der Waals surface area (Å²) in [6, 6.07) is 4.94. The number of hydrogen-bond donors (Lipinski definition) is 2. The van der Waals surface area contributed by atoms with Crippen LogP contribution in [0, 0.1) is 0 Å². The van der Waals surface area contributed by atoms with Crippen molar-refractivity contribution in [3.63, 3.8) is 0 Å². The number of hydrogen-bond acceptors (Lipinski definition) is 3. The first-order valence-electron chi connectivity index (χ1n) is 3.79. The van der Waals surface area contributed by atoms with Crippen LogP contribution in [0.4, 0.5) is 0 Å². The van der Waals surface area contributed by atoms with E-state index < -0.39 is 0 Å². The fourth-order valence-corrected chi connectivity index (χ4v) is 2.00. The van der Waals surface area contributed by atoms with Gasteiger partial charge in [-0.05, 0) is 37.6 Å². The molecule has 4 heteroatoms. The number of thiol groups is 1. The van der Waals surface area contributed by atoms with E-state index in [9.17, 15) is 5.11 Å². The van der Waals surface area contributed by atoms with Crippen LogP contribution in [-0.4, -0.2) is 5.11 Å². The summed E-state index contributed by atoms with van der Waals surface area (Å²) >= 11 is 10.2. The highest BCUT2D eigenvalue weighted by Gasteiger charge is 2.22. The topological polar surface area (TPSA) is 20.2 Å². The van der Waals surface area contributed by atoms with Gasteiger partial charge in [0.2, 0.25) is 0 Å². The summed E-state index contributed by atoms with van der Waals surface area (Å²) in [5.41, 5.74) is 0.897. The van der Waals surface area contributed by atoms with E-state index in [4.69, 9.17) is 11.6 Å². The van der Waals surface area contributed by atoms with Gasteiger partial charge in [0, 0.05) is 9.77 Å². The van der Waals surface area contributed by atoms with Crippen molar-refractivity contribution in [2.24, 2.45) is 0 Å². The first-order valence-corrected chi connectivity index (χ1v) is 6.03. The van der Waals surface area contributed by atoms with Crippen molar-refractivity contribution >= 4 is 34.1 Å². The standard InChI is InChI=1S/C9H11ClOS2/c1-9(2,13-12)7-5-6(11)3-4-8(7)10/h3-5,11-12H,1-2H3. The molecule has 1 aromatic rings. The molecule has 1 nitrogen and oxygen atoms in total. The Morgan fingerprint density at radius 1 is 1.46 bits per heavy atom. The minimum absolute atomic E-state index is 0.196. The van der Waals surface area contributed by atoms with Gasteiger partial charge in [-0.2, -0.15) is 0 Å². The number of halogens is 1. The summed E-state index contributed by atoms with van der Waals surface area (Å²) in [4.78, 5) is 0. The van der Waals surface area contributed by atoms with Crippen LogP contribution < -0.4 is 0 Å². The van der Waals surface area contributed by atoms with E-state index in [2.05, 4.69) is 11.7 Å². The van der Waals surface area contributed by atoms with Crippen LogP contribution >= 0.6 is 34.1 Å². The molecule has 0 bridgehead atoms. The fourth-order valence-electron chi connectivity index (χ4n) is 1.02. The zero-order chi connectivity index (χ0) is 10.1. The molecular weight excluding hydrogens is 224 g/mol. The predicted octanol–water partition coefficient (Wildman–Crippen LogP) is 3.86. The van der Waals surface area contributed by atoms with E-state index in [0.29, 0.717) is 5.02 Å². The maximum Gasteiger partial charge on any atom is 0.116 e. The second-order valence-corrected chi connectivity index (χ2v) is 5.42. The zero-order valence-corrected chi connectivity index (χ0v) is 9.88. The van der Waals surface area contributed by atoms with Gasteiger partial charge in [-0.25, -0.2) is 0 Å². The van der Waals surface area contributed by atoms with E-state index in [0.717, 1.165) is 5.56 Å². The summed E-state index contributed by atoms with van der Waals surface area (Å²) < 4.78 is -0.196. The largest absolute Gasteiger partial charge is 0.508 e. The molecule has 0 atom stereocenters. The Hall–Kier alpha value is 0.01000. The highest BCUT2D eigenvalue weighted by Crippen LogP contribution is 2.42. The van der Waals surface area contributed by atoms with Gasteiger partial charge in [-0.3, -0.25) is 0 Å². The molecule has 0 heterocycles. The van der Waals surface area contributed by atoms with Crippen LogP contribution in [0.1, 0.15) is 19.4 Å². The average Bonchev–Trinajstić information content (AvgIpc) is 2.09. The third kappa shape index (κ3) is 2.48. The second-order valence-electron chi connectivity index (χ2n) is 3.27. The predicted molar refractivity (Wildman–Crippen MR) is 62.7 cm³/mol. The normalized spacial score (nSPS) is 11.7. The lowest BCUT2D eigenvalue weighted by molar-refractivity contribution is 0.473. The van der Waals surface area contributed by atoms with E-state index in [-0.39, 0.29) is 10.5 Å². The molecule has 0 aliphatic rings. The Morgan fingerprint density at radius 3 is 2.62 bits per heavy atom. The zero-order valence-electron chi connectivity index (χ0n) is 7.41. The molecule has 0 saturated heterocycles. The van der Waals surface area contributed by atoms with Crippen LogP contribution in [0.25, 0.3) is 0 Å². The van der Waals surface area contributed by atoms with Gasteiger partial charge in [-0.15, -0.1) is 11.7 Å². The third-order valence-electron chi connectivity index (χ3n) is 1.83. The minimum Gasteiger partial charge on any atom is -0.508 e. The van der Waals surface area contributed by atoms with Crippen molar-refractivity contribution in [2.45, 2.75) is 18.6 Å². The van der Waals surface area contributed by atoms with Gasteiger partial charge < -0.3 is 5.11 Å². The van der Waals surface area contributed by atoms with Crippen molar-refractivity contribution in [2.75, 3.05) is 0 Å². The number of rotatable bonds is 2. The smallest absolute Gasteiger partial charge is 0.116 e. The van der Waals surface area contributed by atoms with Crippen LogP contribution in [0.5, 0.6) is 5.75 Å². The maximum absolute atomic E-state index is 9.30. The Morgan fingerprint density at radius 2 is 2.08 bits per heavy atom. The van der Waals surface area contributed by atoms with E-state index in [1.54, 1.807) is 18.2 Å². The molecule has 0 aromatic heterocycles. The van der Waals surface area contributed by atoms with Gasteiger partial charge in [0.15, 0.2) is 0 Å². The Balaban J connectivity index is 3.20. The highest BCUT2D eigenvalue weighted by molar-refractivity contribution is 8.69. The maximum atomic E-state index is 9.30. The second kappa shape index (κ2) is 4.03. The summed E-state index contributed by atoms with van der Waals surface area (Å²) in [5.74, 6) is 0.231. The van der Waals surface area contributed by atoms with Crippen LogP contribution in [-0.2, 0) is 4.75 Å². The molecule has 0 unspecified atom stereocenters. The summed E-state index contributed by atoms with van der Waals surface area (Å²) in [6.07, 6.45) is 0. The summed E-state index contributed by atoms with van der Waals surface area (Å²) in [5, 5.41) is 9.96. The summed E-state index contributed by atoms with van der Waals surface area (Å²) in [7, 11) is 1.40. The number of phenols is 1. The molecule has 1 rings (SSSR count). The van der Waals surface area contributed by atoms with Crippen molar-refractivity contribution in [3.8, 4) is 5.75 Å². The van der Waals surface area contributed by atoms with Crippen molar-refractivity contribution in [3.05, 3.63) is 28.8 Å². The average molecular weight is 235 g/mol. The summed E-state index contributed by atoms with van der Waals surface area (Å²) in [6.45, 7) is 4.01. The molecule has 0 amide bonds. The monoisotopic (exact) mass is 234 g/mol. The van der Waals surface area contributed by atoms with Crippen molar-refractivity contribution in [1.82, 2.24) is 0 Å². The molecule has 13 heavy (non-hydrogen) atoms. The third-order valence-corrected chi connectivity index (χ3v) is 4.20. The van der Waals surface area contributed by atoms with Gasteiger partial charge in [-0.1, -0.05) is 22.4 Å².